The zero-order chi connectivity index (χ0) is 13.0. The number of hydrogen-bond acceptors (Lipinski definition) is 5. The SMILES string of the molecule is CN(C)C(=O)CN(C)c1ncnc(Cl)c1C=O. The highest BCUT2D eigenvalue weighted by Gasteiger charge is 2.16. The molecule has 17 heavy (non-hydrogen) atoms. The third kappa shape index (κ3) is 3.13. The van der Waals surface area contributed by atoms with Crippen molar-refractivity contribution in [2.45, 2.75) is 0 Å². The van der Waals surface area contributed by atoms with Gasteiger partial charge in [-0.15, -0.1) is 0 Å². The Labute approximate surface area is 104 Å². The van der Waals surface area contributed by atoms with Crippen molar-refractivity contribution in [2.24, 2.45) is 0 Å². The number of carbonyl (C=O) groups is 2. The highest BCUT2D eigenvalue weighted by molar-refractivity contribution is 6.32. The molecule has 1 heterocycles. The Hall–Kier alpha value is -1.69. The number of hydrogen-bond donors (Lipinski definition) is 0. The van der Waals surface area contributed by atoms with Gasteiger partial charge in [-0.2, -0.15) is 0 Å². The van der Waals surface area contributed by atoms with Crippen molar-refractivity contribution in [3.8, 4) is 0 Å². The van der Waals surface area contributed by atoms with Crippen LogP contribution in [-0.2, 0) is 4.79 Å². The molecule has 0 saturated carbocycles. The molecule has 1 amide bonds. The summed E-state index contributed by atoms with van der Waals surface area (Å²) in [6.07, 6.45) is 1.83. The minimum atomic E-state index is -0.0981. The van der Waals surface area contributed by atoms with Crippen LogP contribution in [0.25, 0.3) is 0 Å². The third-order valence-corrected chi connectivity index (χ3v) is 2.47. The highest BCUT2D eigenvalue weighted by Crippen LogP contribution is 2.20. The van der Waals surface area contributed by atoms with Crippen molar-refractivity contribution >= 4 is 29.6 Å². The maximum atomic E-state index is 11.5. The van der Waals surface area contributed by atoms with Gasteiger partial charge in [-0.1, -0.05) is 11.6 Å². The molecule has 0 aliphatic rings. The molecule has 1 aromatic rings. The standard InChI is InChI=1S/C10H13ClN4O2/c1-14(2)8(17)4-15(3)10-7(5-16)9(11)12-6-13-10/h5-6H,4H2,1-3H3. The van der Waals surface area contributed by atoms with E-state index in [1.54, 1.807) is 26.0 Å². The molecule has 0 fully saturated rings. The lowest BCUT2D eigenvalue weighted by Gasteiger charge is -2.21. The first-order valence-corrected chi connectivity index (χ1v) is 5.22. The molecule has 0 unspecified atom stereocenters. The van der Waals surface area contributed by atoms with Gasteiger partial charge in [0.25, 0.3) is 0 Å². The minimum Gasteiger partial charge on any atom is -0.350 e. The van der Waals surface area contributed by atoms with Gasteiger partial charge in [-0.25, -0.2) is 9.97 Å². The number of aldehydes is 1. The molecular weight excluding hydrogens is 244 g/mol. The Balaban J connectivity index is 2.96. The number of aromatic nitrogens is 2. The van der Waals surface area contributed by atoms with Gasteiger partial charge in [0, 0.05) is 21.1 Å². The van der Waals surface area contributed by atoms with E-state index >= 15 is 0 Å². The van der Waals surface area contributed by atoms with Crippen molar-refractivity contribution in [1.82, 2.24) is 14.9 Å². The summed E-state index contributed by atoms with van der Waals surface area (Å²) in [6.45, 7) is 0.112. The van der Waals surface area contributed by atoms with E-state index in [0.717, 1.165) is 0 Å². The fourth-order valence-electron chi connectivity index (χ4n) is 1.19. The topological polar surface area (TPSA) is 66.4 Å². The van der Waals surface area contributed by atoms with Gasteiger partial charge in [-0.3, -0.25) is 9.59 Å². The van der Waals surface area contributed by atoms with Crippen LogP contribution in [0.1, 0.15) is 10.4 Å². The summed E-state index contributed by atoms with van der Waals surface area (Å²) >= 11 is 5.77. The number of likely N-dealkylation sites (N-methyl/N-ethyl adjacent to an activating group) is 2. The van der Waals surface area contributed by atoms with Gasteiger partial charge in [0.1, 0.15) is 17.3 Å². The van der Waals surface area contributed by atoms with Gasteiger partial charge in [-0.05, 0) is 0 Å². The normalized spacial score (nSPS) is 9.88. The highest BCUT2D eigenvalue weighted by atomic mass is 35.5. The number of anilines is 1. The van der Waals surface area contributed by atoms with Crippen LogP contribution in [0.4, 0.5) is 5.82 Å². The molecule has 0 N–H and O–H groups in total. The smallest absolute Gasteiger partial charge is 0.241 e. The van der Waals surface area contributed by atoms with E-state index in [-0.39, 0.29) is 23.2 Å². The molecular formula is C10H13ClN4O2. The van der Waals surface area contributed by atoms with Crippen LogP contribution < -0.4 is 4.90 Å². The zero-order valence-electron chi connectivity index (χ0n) is 9.85. The van der Waals surface area contributed by atoms with Gasteiger partial charge < -0.3 is 9.80 Å². The summed E-state index contributed by atoms with van der Waals surface area (Å²) in [4.78, 5) is 33.1. The van der Waals surface area contributed by atoms with Gasteiger partial charge in [0.15, 0.2) is 6.29 Å². The Morgan fingerprint density at radius 1 is 1.41 bits per heavy atom. The second-order valence-corrected chi connectivity index (χ2v) is 4.02. The molecule has 6 nitrogen and oxygen atoms in total. The first-order chi connectivity index (χ1) is 7.97. The third-order valence-electron chi connectivity index (χ3n) is 2.16. The summed E-state index contributed by atoms with van der Waals surface area (Å²) in [5, 5.41) is 0.0779. The number of amides is 1. The predicted molar refractivity (Wildman–Crippen MR) is 64.4 cm³/mol. The summed E-state index contributed by atoms with van der Waals surface area (Å²) in [7, 11) is 4.97. The quantitative estimate of drug-likeness (QED) is 0.579. The van der Waals surface area contributed by atoms with Gasteiger partial charge >= 0.3 is 0 Å². The number of halogens is 1. The second kappa shape index (κ2) is 5.58. The van der Waals surface area contributed by atoms with Crippen molar-refractivity contribution in [1.29, 1.82) is 0 Å². The largest absolute Gasteiger partial charge is 0.350 e. The average molecular weight is 257 g/mol. The van der Waals surface area contributed by atoms with E-state index in [0.29, 0.717) is 12.1 Å². The van der Waals surface area contributed by atoms with Crippen LogP contribution in [0.15, 0.2) is 6.33 Å². The molecule has 0 atom stereocenters. The first kappa shape index (κ1) is 13.4. The van der Waals surface area contributed by atoms with E-state index in [9.17, 15) is 9.59 Å². The lowest BCUT2D eigenvalue weighted by atomic mass is 10.3. The monoisotopic (exact) mass is 256 g/mol. The summed E-state index contributed by atoms with van der Waals surface area (Å²) < 4.78 is 0. The number of carbonyl (C=O) groups excluding carboxylic acids is 2. The van der Waals surface area contributed by atoms with Crippen LogP contribution in [0, 0.1) is 0 Å². The van der Waals surface area contributed by atoms with Crippen molar-refractivity contribution in [2.75, 3.05) is 32.6 Å². The Bertz CT molecular complexity index is 436. The van der Waals surface area contributed by atoms with E-state index in [1.807, 2.05) is 0 Å². The van der Waals surface area contributed by atoms with Crippen LogP contribution in [0.5, 0.6) is 0 Å². The summed E-state index contributed by atoms with van der Waals surface area (Å²) in [5.74, 6) is 0.245. The van der Waals surface area contributed by atoms with Gasteiger partial charge in [0.05, 0.1) is 12.1 Å². The molecule has 0 radical (unpaired) electrons. The van der Waals surface area contributed by atoms with E-state index in [1.165, 1.54) is 11.2 Å². The predicted octanol–water partition coefficient (Wildman–Crippen LogP) is 0.467. The minimum absolute atomic E-state index is 0.0779. The molecule has 0 aromatic carbocycles. The first-order valence-electron chi connectivity index (χ1n) is 4.84. The van der Waals surface area contributed by atoms with Gasteiger partial charge in [0.2, 0.25) is 5.91 Å². The summed E-state index contributed by atoms with van der Waals surface area (Å²) in [6, 6.07) is 0. The van der Waals surface area contributed by atoms with Crippen LogP contribution in [0.2, 0.25) is 5.15 Å². The number of rotatable bonds is 4. The molecule has 1 rings (SSSR count). The second-order valence-electron chi connectivity index (χ2n) is 3.66. The summed E-state index contributed by atoms with van der Waals surface area (Å²) in [5.41, 5.74) is 0.184. The lowest BCUT2D eigenvalue weighted by Crippen LogP contribution is -2.35. The van der Waals surface area contributed by atoms with Crippen LogP contribution >= 0.6 is 11.6 Å². The maximum absolute atomic E-state index is 11.5. The molecule has 0 spiro atoms. The molecule has 7 heteroatoms. The molecule has 0 bridgehead atoms. The van der Waals surface area contributed by atoms with Crippen molar-refractivity contribution < 1.29 is 9.59 Å². The van der Waals surface area contributed by atoms with E-state index < -0.39 is 0 Å². The van der Waals surface area contributed by atoms with E-state index in [2.05, 4.69) is 9.97 Å². The lowest BCUT2D eigenvalue weighted by molar-refractivity contribution is -0.127. The zero-order valence-corrected chi connectivity index (χ0v) is 10.6. The Morgan fingerprint density at radius 3 is 2.59 bits per heavy atom. The molecule has 0 saturated heterocycles. The molecule has 0 aliphatic carbocycles. The fourth-order valence-corrected chi connectivity index (χ4v) is 1.36. The van der Waals surface area contributed by atoms with Crippen LogP contribution in [0.3, 0.4) is 0 Å². The fraction of sp³-hybridized carbons (Fsp3) is 0.400. The maximum Gasteiger partial charge on any atom is 0.241 e. The molecule has 1 aromatic heterocycles. The molecule has 92 valence electrons. The van der Waals surface area contributed by atoms with Crippen molar-refractivity contribution in [3.63, 3.8) is 0 Å². The Morgan fingerprint density at radius 2 is 2.06 bits per heavy atom. The number of nitrogens with zero attached hydrogens (tertiary/aromatic N) is 4. The molecule has 0 aliphatic heterocycles. The van der Waals surface area contributed by atoms with E-state index in [4.69, 9.17) is 11.6 Å². The average Bonchev–Trinajstić information content (AvgIpc) is 2.28. The van der Waals surface area contributed by atoms with Crippen molar-refractivity contribution in [3.05, 3.63) is 17.0 Å². The Kier molecular flexibility index (Phi) is 4.39. The van der Waals surface area contributed by atoms with Crippen LogP contribution in [-0.4, -0.2) is 54.7 Å².